The first kappa shape index (κ1) is 12.3. The highest BCUT2D eigenvalue weighted by atomic mass is 32.2. The maximum absolute atomic E-state index is 11.7. The van der Waals surface area contributed by atoms with Crippen LogP contribution in [0.1, 0.15) is 13.3 Å². The summed E-state index contributed by atoms with van der Waals surface area (Å²) in [5.41, 5.74) is 0. The normalized spacial score (nSPS) is 29.4. The molecule has 1 rings (SSSR count). The van der Waals surface area contributed by atoms with Crippen LogP contribution in [0.5, 0.6) is 0 Å². The monoisotopic (exact) mass is 239 g/mol. The predicted octanol–water partition coefficient (Wildman–Crippen LogP) is 0.136. The number of rotatable bonds is 2. The summed E-state index contributed by atoms with van der Waals surface area (Å²) < 4.78 is 24.8. The van der Waals surface area contributed by atoms with Gasteiger partial charge in [0.25, 0.3) is 0 Å². The van der Waals surface area contributed by atoms with Crippen LogP contribution in [-0.2, 0) is 10.0 Å². The Hall–Kier alpha value is 0.220. The molecule has 1 saturated heterocycles. The van der Waals surface area contributed by atoms with E-state index in [1.807, 2.05) is 6.92 Å². The average molecular weight is 239 g/mol. The van der Waals surface area contributed by atoms with E-state index in [2.05, 4.69) is 0 Å². The van der Waals surface area contributed by atoms with Crippen LogP contribution < -0.4 is 0 Å². The van der Waals surface area contributed by atoms with Crippen molar-refractivity contribution in [2.75, 3.05) is 30.3 Å². The summed E-state index contributed by atoms with van der Waals surface area (Å²) in [5, 5.41) is 9.52. The second-order valence-corrected chi connectivity index (χ2v) is 6.64. The third-order valence-corrected chi connectivity index (χ3v) is 5.29. The number of nitrogens with zero attached hydrogens (tertiary/aromatic N) is 1. The summed E-state index contributed by atoms with van der Waals surface area (Å²) in [7, 11) is -3.13. The van der Waals surface area contributed by atoms with Crippen molar-refractivity contribution in [2.45, 2.75) is 19.4 Å². The first-order valence-electron chi connectivity index (χ1n) is 4.80. The third-order valence-electron chi connectivity index (χ3n) is 2.08. The van der Waals surface area contributed by atoms with Crippen LogP contribution in [0.3, 0.4) is 0 Å². The lowest BCUT2D eigenvalue weighted by molar-refractivity contribution is 0.167. The van der Waals surface area contributed by atoms with E-state index in [0.29, 0.717) is 18.1 Å². The molecule has 1 atom stereocenters. The molecule has 0 aliphatic carbocycles. The fourth-order valence-electron chi connectivity index (χ4n) is 1.39. The quantitative estimate of drug-likeness (QED) is 0.744. The fraction of sp³-hybridized carbons (Fsp3) is 1.00. The molecule has 1 aliphatic rings. The molecule has 0 aromatic carbocycles. The van der Waals surface area contributed by atoms with Crippen LogP contribution in [0.4, 0.5) is 0 Å². The second kappa shape index (κ2) is 5.34. The minimum absolute atomic E-state index is 0.199. The predicted molar refractivity (Wildman–Crippen MR) is 59.0 cm³/mol. The Balaban J connectivity index is 2.71. The first-order valence-corrected chi connectivity index (χ1v) is 7.56. The topological polar surface area (TPSA) is 57.6 Å². The zero-order valence-corrected chi connectivity index (χ0v) is 9.98. The van der Waals surface area contributed by atoms with E-state index in [4.69, 9.17) is 0 Å². The summed E-state index contributed by atoms with van der Waals surface area (Å²) in [4.78, 5) is 0. The molecular weight excluding hydrogens is 222 g/mol. The molecule has 0 bridgehead atoms. The number of β-amino-alcohol motifs (C(OH)–C–C–N with tert-alkyl or cyclic N) is 1. The van der Waals surface area contributed by atoms with Gasteiger partial charge in [0.1, 0.15) is 0 Å². The van der Waals surface area contributed by atoms with Crippen molar-refractivity contribution >= 4 is 21.8 Å². The van der Waals surface area contributed by atoms with Gasteiger partial charge < -0.3 is 5.11 Å². The summed E-state index contributed by atoms with van der Waals surface area (Å²) in [6.07, 6.45) is 0.264. The number of sulfonamides is 1. The molecule has 1 aliphatic heterocycles. The number of hydrogen-bond acceptors (Lipinski definition) is 4. The lowest BCUT2D eigenvalue weighted by Gasteiger charge is -2.26. The van der Waals surface area contributed by atoms with Crippen LogP contribution in [-0.4, -0.2) is 54.3 Å². The van der Waals surface area contributed by atoms with Gasteiger partial charge in [0.2, 0.25) is 10.0 Å². The average Bonchev–Trinajstić information content (AvgIpc) is 2.10. The first-order chi connectivity index (χ1) is 6.56. The largest absolute Gasteiger partial charge is 0.391 e. The van der Waals surface area contributed by atoms with E-state index in [0.717, 1.165) is 6.42 Å². The highest BCUT2D eigenvalue weighted by molar-refractivity contribution is 8.00. The Morgan fingerprint density at radius 2 is 2.29 bits per heavy atom. The second-order valence-electron chi connectivity index (χ2n) is 3.40. The molecule has 0 amide bonds. The van der Waals surface area contributed by atoms with Crippen molar-refractivity contribution in [3.8, 4) is 0 Å². The third kappa shape index (κ3) is 3.42. The van der Waals surface area contributed by atoms with Gasteiger partial charge in [-0.1, -0.05) is 6.92 Å². The molecule has 6 heteroatoms. The highest BCUT2D eigenvalue weighted by Crippen LogP contribution is 2.14. The van der Waals surface area contributed by atoms with Gasteiger partial charge in [-0.15, -0.1) is 0 Å². The Morgan fingerprint density at radius 1 is 1.57 bits per heavy atom. The van der Waals surface area contributed by atoms with Crippen LogP contribution in [0, 0.1) is 0 Å². The Bertz CT molecular complexity index is 266. The van der Waals surface area contributed by atoms with Gasteiger partial charge in [-0.3, -0.25) is 0 Å². The van der Waals surface area contributed by atoms with Crippen molar-refractivity contribution in [1.82, 2.24) is 4.31 Å². The summed E-state index contributed by atoms with van der Waals surface area (Å²) in [5.74, 6) is 1.42. The Labute approximate surface area is 89.7 Å². The van der Waals surface area contributed by atoms with Gasteiger partial charge in [-0.25, -0.2) is 8.42 Å². The van der Waals surface area contributed by atoms with Crippen molar-refractivity contribution in [2.24, 2.45) is 0 Å². The van der Waals surface area contributed by atoms with Crippen LogP contribution >= 0.6 is 11.8 Å². The minimum atomic E-state index is -3.13. The molecule has 1 unspecified atom stereocenters. The molecule has 0 radical (unpaired) electrons. The van der Waals surface area contributed by atoms with Crippen LogP contribution in [0.25, 0.3) is 0 Å². The van der Waals surface area contributed by atoms with Gasteiger partial charge >= 0.3 is 0 Å². The lowest BCUT2D eigenvalue weighted by Crippen LogP contribution is -2.42. The molecule has 84 valence electrons. The number of aliphatic hydroxyl groups excluding tert-OH is 1. The maximum Gasteiger partial charge on any atom is 0.215 e. The molecule has 0 spiro atoms. The smallest absolute Gasteiger partial charge is 0.215 e. The fourth-order valence-corrected chi connectivity index (χ4v) is 4.37. The molecule has 1 N–H and O–H groups in total. The molecule has 0 aromatic rings. The molecule has 0 aromatic heterocycles. The van der Waals surface area contributed by atoms with E-state index in [1.54, 1.807) is 0 Å². The van der Waals surface area contributed by atoms with Crippen molar-refractivity contribution in [3.63, 3.8) is 0 Å². The zero-order chi connectivity index (χ0) is 10.6. The molecule has 1 heterocycles. The van der Waals surface area contributed by atoms with Crippen molar-refractivity contribution in [3.05, 3.63) is 0 Å². The van der Waals surface area contributed by atoms with Gasteiger partial charge in [0.15, 0.2) is 0 Å². The van der Waals surface area contributed by atoms with Gasteiger partial charge in [-0.05, 0) is 6.42 Å². The van der Waals surface area contributed by atoms with Gasteiger partial charge in [-0.2, -0.15) is 16.1 Å². The lowest BCUT2D eigenvalue weighted by atomic mass is 10.4. The van der Waals surface area contributed by atoms with Crippen LogP contribution in [0.2, 0.25) is 0 Å². The summed E-state index contributed by atoms with van der Waals surface area (Å²) in [6.45, 7) is 2.71. The standard InChI is InChI=1S/C8H17NO3S2/c1-2-3-9-6-8(10)7-13-4-5-14(9,11)12/h8,10H,2-7H2,1H3. The van der Waals surface area contributed by atoms with E-state index in [1.165, 1.54) is 16.1 Å². The Kier molecular flexibility index (Phi) is 4.69. The molecule has 14 heavy (non-hydrogen) atoms. The number of hydrogen-bond donors (Lipinski definition) is 1. The SMILES string of the molecule is CCCN1CC(O)CSCCS1(=O)=O. The van der Waals surface area contributed by atoms with Crippen molar-refractivity contribution < 1.29 is 13.5 Å². The molecule has 1 fully saturated rings. The zero-order valence-electron chi connectivity index (χ0n) is 8.35. The molecular formula is C8H17NO3S2. The van der Waals surface area contributed by atoms with Crippen LogP contribution in [0.15, 0.2) is 0 Å². The van der Waals surface area contributed by atoms with E-state index < -0.39 is 16.1 Å². The van der Waals surface area contributed by atoms with E-state index >= 15 is 0 Å². The minimum Gasteiger partial charge on any atom is -0.391 e. The van der Waals surface area contributed by atoms with Crippen molar-refractivity contribution in [1.29, 1.82) is 0 Å². The highest BCUT2D eigenvalue weighted by Gasteiger charge is 2.25. The summed E-state index contributed by atoms with van der Waals surface area (Å²) in [6, 6.07) is 0. The van der Waals surface area contributed by atoms with E-state index in [9.17, 15) is 13.5 Å². The van der Waals surface area contributed by atoms with Gasteiger partial charge in [0, 0.05) is 24.6 Å². The number of thioether (sulfide) groups is 1. The van der Waals surface area contributed by atoms with E-state index in [-0.39, 0.29) is 12.3 Å². The van der Waals surface area contributed by atoms with Gasteiger partial charge in [0.05, 0.1) is 11.9 Å². The Morgan fingerprint density at radius 3 is 2.93 bits per heavy atom. The molecule has 0 saturated carbocycles. The summed E-state index contributed by atoms with van der Waals surface area (Å²) >= 11 is 1.50. The number of aliphatic hydroxyl groups is 1. The maximum atomic E-state index is 11.7. The molecule has 4 nitrogen and oxygen atoms in total.